The Bertz CT molecular complexity index is 788. The molecule has 0 N–H and O–H groups in total. The number of carbonyl (C=O) groups is 1. The van der Waals surface area contributed by atoms with Gasteiger partial charge in [0.25, 0.3) is 0 Å². The summed E-state index contributed by atoms with van der Waals surface area (Å²) in [5.74, 6) is 0. The lowest BCUT2D eigenvalue weighted by atomic mass is 10.0. The highest BCUT2D eigenvalue weighted by Crippen LogP contribution is 2.33. The Labute approximate surface area is 150 Å². The molecule has 1 aromatic carbocycles. The zero-order valence-electron chi connectivity index (χ0n) is 15.6. The van der Waals surface area contributed by atoms with Crippen molar-refractivity contribution in [1.29, 1.82) is 0 Å². The molecule has 1 atom stereocenters. The highest BCUT2D eigenvalue weighted by molar-refractivity contribution is 5.92. The maximum absolute atomic E-state index is 13.1. The Balaban J connectivity index is 2.51. The fourth-order valence-corrected chi connectivity index (χ4v) is 2.61. The summed E-state index contributed by atoms with van der Waals surface area (Å²) >= 11 is 0. The molecule has 4 nitrogen and oxygen atoms in total. The third kappa shape index (κ3) is 4.78. The number of carbonyl (C=O) groups excluding carboxylic acids is 1. The van der Waals surface area contributed by atoms with Crippen molar-refractivity contribution >= 4 is 17.0 Å². The zero-order chi connectivity index (χ0) is 19.7. The van der Waals surface area contributed by atoms with E-state index in [0.29, 0.717) is 18.2 Å². The van der Waals surface area contributed by atoms with Crippen LogP contribution in [0.3, 0.4) is 0 Å². The molecule has 0 spiro atoms. The van der Waals surface area contributed by atoms with Gasteiger partial charge in [0.15, 0.2) is 0 Å². The van der Waals surface area contributed by atoms with E-state index in [9.17, 15) is 18.0 Å². The molecule has 0 bridgehead atoms. The van der Waals surface area contributed by atoms with E-state index in [4.69, 9.17) is 9.47 Å². The molecule has 0 amide bonds. The topological polar surface area (TPSA) is 40.5 Å². The van der Waals surface area contributed by atoms with Crippen LogP contribution >= 0.6 is 0 Å². The number of hydrogen-bond donors (Lipinski definition) is 0. The van der Waals surface area contributed by atoms with Crippen molar-refractivity contribution in [3.05, 3.63) is 35.5 Å². The average molecular weight is 371 g/mol. The molecule has 0 aliphatic heterocycles. The van der Waals surface area contributed by atoms with Gasteiger partial charge in [-0.15, -0.1) is 0 Å². The van der Waals surface area contributed by atoms with E-state index in [-0.39, 0.29) is 11.6 Å². The van der Waals surface area contributed by atoms with E-state index in [1.54, 1.807) is 34.1 Å². The molecular formula is C19H24F3NO3. The number of hydrogen-bond acceptors (Lipinski definition) is 3. The first-order valence-electron chi connectivity index (χ1n) is 8.39. The van der Waals surface area contributed by atoms with Crippen LogP contribution in [0.2, 0.25) is 0 Å². The van der Waals surface area contributed by atoms with Crippen molar-refractivity contribution in [3.63, 3.8) is 0 Å². The summed E-state index contributed by atoms with van der Waals surface area (Å²) in [6.07, 6.45) is -2.36. The molecule has 2 rings (SSSR count). The second kappa shape index (κ2) is 7.31. The lowest BCUT2D eigenvalue weighted by Crippen LogP contribution is -2.26. The van der Waals surface area contributed by atoms with Crippen molar-refractivity contribution in [2.45, 2.75) is 58.4 Å². The van der Waals surface area contributed by atoms with Crippen molar-refractivity contribution in [3.8, 4) is 0 Å². The van der Waals surface area contributed by atoms with Crippen molar-refractivity contribution in [2.75, 3.05) is 7.11 Å². The van der Waals surface area contributed by atoms with Crippen molar-refractivity contribution < 1.29 is 27.4 Å². The third-order valence-corrected chi connectivity index (χ3v) is 4.03. The highest BCUT2D eigenvalue weighted by Gasteiger charge is 2.31. The minimum Gasteiger partial charge on any atom is -0.443 e. The maximum Gasteiger partial charge on any atom is 0.419 e. The van der Waals surface area contributed by atoms with Crippen LogP contribution in [0.4, 0.5) is 18.0 Å². The van der Waals surface area contributed by atoms with Crippen LogP contribution in [0, 0.1) is 0 Å². The number of halogens is 3. The Kier molecular flexibility index (Phi) is 5.70. The van der Waals surface area contributed by atoms with Gasteiger partial charge in [-0.1, -0.05) is 6.07 Å². The highest BCUT2D eigenvalue weighted by atomic mass is 19.4. The van der Waals surface area contributed by atoms with Crippen LogP contribution in [-0.2, 0) is 22.1 Å². The fraction of sp³-hybridized carbons (Fsp3) is 0.526. The summed E-state index contributed by atoms with van der Waals surface area (Å²) < 4.78 is 51.0. The quantitative estimate of drug-likeness (QED) is 0.721. The monoisotopic (exact) mass is 371 g/mol. The Morgan fingerprint density at radius 3 is 2.42 bits per heavy atom. The van der Waals surface area contributed by atoms with E-state index in [0.717, 1.165) is 22.3 Å². The lowest BCUT2D eigenvalue weighted by molar-refractivity contribution is -0.137. The summed E-state index contributed by atoms with van der Waals surface area (Å²) in [5.41, 5.74) is -0.581. The predicted octanol–water partition coefficient (Wildman–Crippen LogP) is 5.41. The largest absolute Gasteiger partial charge is 0.443 e. The number of ether oxygens (including phenoxy) is 2. The smallest absolute Gasteiger partial charge is 0.419 e. The van der Waals surface area contributed by atoms with Gasteiger partial charge in [0.2, 0.25) is 0 Å². The summed E-state index contributed by atoms with van der Waals surface area (Å²) in [6.45, 7) is 7.03. The predicted molar refractivity (Wildman–Crippen MR) is 93.4 cm³/mol. The Morgan fingerprint density at radius 1 is 1.23 bits per heavy atom. The van der Waals surface area contributed by atoms with Gasteiger partial charge in [-0.25, -0.2) is 4.79 Å². The van der Waals surface area contributed by atoms with E-state index in [1.807, 2.05) is 6.92 Å². The first kappa shape index (κ1) is 20.3. The minimum atomic E-state index is -4.48. The van der Waals surface area contributed by atoms with Gasteiger partial charge in [-0.2, -0.15) is 13.2 Å². The van der Waals surface area contributed by atoms with Gasteiger partial charge in [0.05, 0.1) is 17.2 Å². The van der Waals surface area contributed by atoms with Gasteiger partial charge in [0.1, 0.15) is 5.60 Å². The van der Waals surface area contributed by atoms with E-state index >= 15 is 0 Å². The van der Waals surface area contributed by atoms with E-state index < -0.39 is 23.4 Å². The van der Waals surface area contributed by atoms with Crippen LogP contribution < -0.4 is 0 Å². The third-order valence-electron chi connectivity index (χ3n) is 4.03. The van der Waals surface area contributed by atoms with Gasteiger partial charge < -0.3 is 9.47 Å². The lowest BCUT2D eigenvalue weighted by Gasteiger charge is -2.20. The van der Waals surface area contributed by atoms with Gasteiger partial charge >= 0.3 is 12.3 Å². The molecule has 0 unspecified atom stereocenters. The minimum absolute atomic E-state index is 0.00405. The van der Waals surface area contributed by atoms with Gasteiger partial charge in [-0.05, 0) is 58.2 Å². The van der Waals surface area contributed by atoms with Crippen LogP contribution in [0.5, 0.6) is 0 Å². The normalized spacial score (nSPS) is 13.8. The van der Waals surface area contributed by atoms with Gasteiger partial charge in [0, 0.05) is 18.7 Å². The number of aryl methyl sites for hydroxylation is 1. The zero-order valence-corrected chi connectivity index (χ0v) is 15.6. The van der Waals surface area contributed by atoms with Crippen molar-refractivity contribution in [2.24, 2.45) is 0 Å². The number of benzene rings is 1. The standard InChI is InChI=1S/C19H24F3NO3/c1-12(25-5)6-7-13-11-23(17(24)26-18(2,3)4)16-10-14(19(20,21)22)8-9-15(13)16/h8-12H,6-7H2,1-5H3/t12-/m0/s1. The molecule has 0 fully saturated rings. The number of rotatable bonds is 4. The summed E-state index contributed by atoms with van der Waals surface area (Å²) in [6, 6.07) is 3.43. The summed E-state index contributed by atoms with van der Waals surface area (Å²) in [5, 5.41) is 0.604. The molecule has 2 aromatic rings. The molecule has 1 aromatic heterocycles. The molecule has 1 heterocycles. The summed E-state index contributed by atoms with van der Waals surface area (Å²) in [7, 11) is 1.60. The molecular weight excluding hydrogens is 347 g/mol. The van der Waals surface area contributed by atoms with E-state index in [2.05, 4.69) is 0 Å². The summed E-state index contributed by atoms with van der Waals surface area (Å²) in [4.78, 5) is 12.5. The number of aromatic nitrogens is 1. The second-order valence-electron chi connectivity index (χ2n) is 7.32. The maximum atomic E-state index is 13.1. The fourth-order valence-electron chi connectivity index (χ4n) is 2.61. The molecule has 0 aliphatic carbocycles. The number of nitrogens with zero attached hydrogens (tertiary/aromatic N) is 1. The molecule has 0 saturated heterocycles. The first-order chi connectivity index (χ1) is 11.9. The van der Waals surface area contributed by atoms with Crippen molar-refractivity contribution in [1.82, 2.24) is 4.57 Å². The number of methoxy groups -OCH3 is 1. The van der Waals surface area contributed by atoms with Crippen LogP contribution in [0.15, 0.2) is 24.4 Å². The molecule has 0 aliphatic rings. The Hall–Kier alpha value is -2.02. The average Bonchev–Trinajstić information content (AvgIpc) is 2.88. The molecule has 0 radical (unpaired) electrons. The number of fused-ring (bicyclic) bond motifs is 1. The SMILES string of the molecule is CO[C@@H](C)CCc1cn(C(=O)OC(C)(C)C)c2cc(C(F)(F)F)ccc12. The van der Waals surface area contributed by atoms with Crippen LogP contribution in [0.25, 0.3) is 10.9 Å². The van der Waals surface area contributed by atoms with Gasteiger partial charge in [-0.3, -0.25) is 4.57 Å². The van der Waals surface area contributed by atoms with E-state index in [1.165, 1.54) is 6.07 Å². The second-order valence-corrected chi connectivity index (χ2v) is 7.32. The first-order valence-corrected chi connectivity index (χ1v) is 8.39. The van der Waals surface area contributed by atoms with Crippen LogP contribution in [0.1, 0.15) is 45.2 Å². The molecule has 26 heavy (non-hydrogen) atoms. The Morgan fingerprint density at radius 2 is 1.88 bits per heavy atom. The molecule has 0 saturated carbocycles. The number of alkyl halides is 3. The molecule has 7 heteroatoms. The van der Waals surface area contributed by atoms with Crippen LogP contribution in [-0.4, -0.2) is 29.5 Å². The molecule has 144 valence electrons.